The van der Waals surface area contributed by atoms with Crippen LogP contribution in [-0.4, -0.2) is 17.6 Å². The Labute approximate surface area is 131 Å². The molecule has 3 nitrogen and oxygen atoms in total. The molecule has 3 rings (SSSR count). The van der Waals surface area contributed by atoms with Gasteiger partial charge in [0, 0.05) is 17.9 Å². The number of aromatic carboxylic acids is 1. The molecule has 0 unspecified atom stereocenters. The Morgan fingerprint density at radius 2 is 1.82 bits per heavy atom. The molecule has 2 aromatic rings. The van der Waals surface area contributed by atoms with Gasteiger partial charge in [-0.15, -0.1) is 0 Å². The van der Waals surface area contributed by atoms with E-state index < -0.39 is 5.97 Å². The molecule has 0 bridgehead atoms. The van der Waals surface area contributed by atoms with E-state index in [-0.39, 0.29) is 5.41 Å². The third-order valence-electron chi connectivity index (χ3n) is 4.57. The van der Waals surface area contributed by atoms with Gasteiger partial charge in [0.05, 0.1) is 5.56 Å². The highest BCUT2D eigenvalue weighted by molar-refractivity contribution is 5.90. The van der Waals surface area contributed by atoms with Gasteiger partial charge in [-0.3, -0.25) is 0 Å². The lowest BCUT2D eigenvalue weighted by Gasteiger charge is -2.40. The topological polar surface area (TPSA) is 40.5 Å². The molecule has 22 heavy (non-hydrogen) atoms. The Balaban J connectivity index is 2.14. The van der Waals surface area contributed by atoms with Crippen molar-refractivity contribution in [3.05, 3.63) is 59.2 Å². The molecule has 2 aromatic carbocycles. The van der Waals surface area contributed by atoms with E-state index in [1.165, 1.54) is 11.1 Å². The van der Waals surface area contributed by atoms with Gasteiger partial charge in [-0.25, -0.2) is 4.79 Å². The molecule has 3 heteroatoms. The number of anilines is 2. The van der Waals surface area contributed by atoms with Gasteiger partial charge in [0.15, 0.2) is 0 Å². The summed E-state index contributed by atoms with van der Waals surface area (Å²) in [4.78, 5) is 13.5. The minimum Gasteiger partial charge on any atom is -0.478 e. The fraction of sp³-hybridized carbons (Fsp3) is 0.316. The number of hydrogen-bond donors (Lipinski definition) is 1. The number of benzene rings is 2. The third kappa shape index (κ3) is 2.47. The highest BCUT2D eigenvalue weighted by atomic mass is 16.4. The van der Waals surface area contributed by atoms with Crippen LogP contribution in [0, 0.1) is 6.92 Å². The Kier molecular flexibility index (Phi) is 3.44. The average Bonchev–Trinajstić information content (AvgIpc) is 2.48. The second-order valence-electron chi connectivity index (χ2n) is 6.66. The number of carboxylic acids is 1. The van der Waals surface area contributed by atoms with Gasteiger partial charge in [0.2, 0.25) is 0 Å². The number of fused-ring (bicyclic) bond motifs is 1. The van der Waals surface area contributed by atoms with Crippen molar-refractivity contribution in [2.75, 3.05) is 11.4 Å². The van der Waals surface area contributed by atoms with E-state index in [0.29, 0.717) is 5.56 Å². The summed E-state index contributed by atoms with van der Waals surface area (Å²) >= 11 is 0. The van der Waals surface area contributed by atoms with Crippen molar-refractivity contribution in [2.24, 2.45) is 0 Å². The van der Waals surface area contributed by atoms with E-state index in [1.807, 2.05) is 6.07 Å². The molecular formula is C19H21NO2. The number of carbonyl (C=O) groups is 1. The molecule has 0 amide bonds. The Morgan fingerprint density at radius 1 is 1.14 bits per heavy atom. The van der Waals surface area contributed by atoms with Gasteiger partial charge >= 0.3 is 5.97 Å². The van der Waals surface area contributed by atoms with Crippen molar-refractivity contribution >= 4 is 17.3 Å². The number of carboxylic acid groups (broad SMARTS) is 1. The number of aryl methyl sites for hydroxylation is 1. The molecule has 1 aliphatic rings. The number of nitrogens with zero attached hydrogens (tertiary/aromatic N) is 1. The summed E-state index contributed by atoms with van der Waals surface area (Å²) in [6.45, 7) is 7.41. The maximum atomic E-state index is 11.3. The maximum absolute atomic E-state index is 11.3. The standard InChI is InChI=1S/C19H21NO2/c1-13-4-7-15(8-5-13)20-11-10-19(2,3)16-9-6-14(18(21)22)12-17(16)20/h4-9,12H,10-11H2,1-3H3,(H,21,22). The molecular weight excluding hydrogens is 274 g/mol. The lowest BCUT2D eigenvalue weighted by Crippen LogP contribution is -2.34. The highest BCUT2D eigenvalue weighted by Gasteiger charge is 2.32. The average molecular weight is 295 g/mol. The van der Waals surface area contributed by atoms with Gasteiger partial charge in [0.25, 0.3) is 0 Å². The first-order chi connectivity index (χ1) is 10.4. The molecule has 0 fully saturated rings. The molecule has 0 radical (unpaired) electrons. The molecule has 114 valence electrons. The molecule has 0 aliphatic carbocycles. The Hall–Kier alpha value is -2.29. The molecule has 0 spiro atoms. The van der Waals surface area contributed by atoms with Gasteiger partial charge in [-0.2, -0.15) is 0 Å². The zero-order chi connectivity index (χ0) is 15.9. The van der Waals surface area contributed by atoms with Crippen LogP contribution < -0.4 is 4.90 Å². The molecule has 0 aromatic heterocycles. The van der Waals surface area contributed by atoms with Crippen LogP contribution in [0.2, 0.25) is 0 Å². The van der Waals surface area contributed by atoms with Crippen molar-refractivity contribution in [3.8, 4) is 0 Å². The van der Waals surface area contributed by atoms with Crippen LogP contribution in [0.3, 0.4) is 0 Å². The van der Waals surface area contributed by atoms with Crippen LogP contribution in [-0.2, 0) is 5.41 Å². The second kappa shape index (κ2) is 5.16. The van der Waals surface area contributed by atoms with Crippen molar-refractivity contribution < 1.29 is 9.90 Å². The monoisotopic (exact) mass is 295 g/mol. The van der Waals surface area contributed by atoms with Crippen LogP contribution in [0.5, 0.6) is 0 Å². The Bertz CT molecular complexity index is 717. The highest BCUT2D eigenvalue weighted by Crippen LogP contribution is 2.43. The van der Waals surface area contributed by atoms with Crippen LogP contribution >= 0.6 is 0 Å². The van der Waals surface area contributed by atoms with Crippen molar-refractivity contribution in [1.82, 2.24) is 0 Å². The summed E-state index contributed by atoms with van der Waals surface area (Å²) in [5.41, 5.74) is 4.97. The van der Waals surface area contributed by atoms with Crippen molar-refractivity contribution in [1.29, 1.82) is 0 Å². The molecule has 1 aliphatic heterocycles. The predicted octanol–water partition coefficient (Wildman–Crippen LogP) is 4.51. The van der Waals surface area contributed by atoms with Gasteiger partial charge in [0.1, 0.15) is 0 Å². The van der Waals surface area contributed by atoms with E-state index in [9.17, 15) is 9.90 Å². The summed E-state index contributed by atoms with van der Waals surface area (Å²) in [5.74, 6) is -0.880. The van der Waals surface area contributed by atoms with E-state index in [0.717, 1.165) is 24.3 Å². The number of rotatable bonds is 2. The molecule has 0 saturated carbocycles. The van der Waals surface area contributed by atoms with Gasteiger partial charge < -0.3 is 10.0 Å². The lowest BCUT2D eigenvalue weighted by atomic mass is 9.77. The molecule has 1 N–H and O–H groups in total. The predicted molar refractivity (Wildman–Crippen MR) is 89.2 cm³/mol. The quantitative estimate of drug-likeness (QED) is 0.886. The largest absolute Gasteiger partial charge is 0.478 e. The zero-order valence-corrected chi connectivity index (χ0v) is 13.3. The SMILES string of the molecule is Cc1ccc(N2CCC(C)(C)c3ccc(C(=O)O)cc32)cc1. The van der Waals surface area contributed by atoms with Gasteiger partial charge in [-0.05, 0) is 48.6 Å². The smallest absolute Gasteiger partial charge is 0.335 e. The fourth-order valence-electron chi connectivity index (χ4n) is 3.10. The first-order valence-electron chi connectivity index (χ1n) is 7.60. The summed E-state index contributed by atoms with van der Waals surface area (Å²) in [6.07, 6.45) is 1.04. The molecule has 0 saturated heterocycles. The Morgan fingerprint density at radius 3 is 2.45 bits per heavy atom. The minimum absolute atomic E-state index is 0.0631. The van der Waals surface area contributed by atoms with Crippen LogP contribution in [0.25, 0.3) is 0 Å². The van der Waals surface area contributed by atoms with E-state index in [4.69, 9.17) is 0 Å². The summed E-state index contributed by atoms with van der Waals surface area (Å²) < 4.78 is 0. The maximum Gasteiger partial charge on any atom is 0.335 e. The second-order valence-corrected chi connectivity index (χ2v) is 6.66. The van der Waals surface area contributed by atoms with Crippen LogP contribution in [0.4, 0.5) is 11.4 Å². The third-order valence-corrected chi connectivity index (χ3v) is 4.57. The normalized spacial score (nSPS) is 16.2. The number of hydrogen-bond acceptors (Lipinski definition) is 2. The molecule has 1 heterocycles. The van der Waals surface area contributed by atoms with E-state index in [2.05, 4.69) is 49.9 Å². The van der Waals surface area contributed by atoms with Crippen molar-refractivity contribution in [3.63, 3.8) is 0 Å². The summed E-state index contributed by atoms with van der Waals surface area (Å²) in [7, 11) is 0. The minimum atomic E-state index is -0.880. The van der Waals surface area contributed by atoms with Gasteiger partial charge in [-0.1, -0.05) is 37.6 Å². The van der Waals surface area contributed by atoms with Crippen LogP contribution in [0.1, 0.15) is 41.8 Å². The summed E-state index contributed by atoms with van der Waals surface area (Å²) in [5, 5.41) is 9.29. The lowest BCUT2D eigenvalue weighted by molar-refractivity contribution is 0.0697. The van der Waals surface area contributed by atoms with Crippen LogP contribution in [0.15, 0.2) is 42.5 Å². The van der Waals surface area contributed by atoms with E-state index >= 15 is 0 Å². The first kappa shape index (κ1) is 14.6. The summed E-state index contributed by atoms with van der Waals surface area (Å²) in [6, 6.07) is 13.9. The van der Waals surface area contributed by atoms with E-state index in [1.54, 1.807) is 12.1 Å². The fourth-order valence-corrected chi connectivity index (χ4v) is 3.10. The zero-order valence-electron chi connectivity index (χ0n) is 13.3. The first-order valence-corrected chi connectivity index (χ1v) is 7.60. The molecule has 0 atom stereocenters. The van der Waals surface area contributed by atoms with Crippen molar-refractivity contribution in [2.45, 2.75) is 32.6 Å².